The lowest BCUT2D eigenvalue weighted by atomic mass is 9.99. The van der Waals surface area contributed by atoms with Crippen molar-refractivity contribution in [3.63, 3.8) is 0 Å². The Balaban J connectivity index is 1.46. The van der Waals surface area contributed by atoms with Crippen LogP contribution in [-0.4, -0.2) is 40.5 Å². The molecule has 0 spiro atoms. The van der Waals surface area contributed by atoms with Crippen molar-refractivity contribution in [1.82, 2.24) is 18.4 Å². The van der Waals surface area contributed by atoms with Gasteiger partial charge in [0.1, 0.15) is 21.7 Å². The number of piperidine rings is 1. The van der Waals surface area contributed by atoms with Crippen LogP contribution in [0.5, 0.6) is 0 Å². The van der Waals surface area contributed by atoms with Gasteiger partial charge in [0.05, 0.1) is 17.6 Å². The highest BCUT2D eigenvalue weighted by molar-refractivity contribution is 7.89. The number of aromatic nitrogens is 2. The summed E-state index contributed by atoms with van der Waals surface area (Å²) in [5.74, 6) is -0.979. The van der Waals surface area contributed by atoms with Gasteiger partial charge in [-0.05, 0) is 42.7 Å². The minimum Gasteiger partial charge on any atom is -0.352 e. The summed E-state index contributed by atoms with van der Waals surface area (Å²) < 4.78 is 48.9. The lowest BCUT2D eigenvalue weighted by molar-refractivity contribution is -0.126. The molecule has 10 heteroatoms. The average Bonchev–Trinajstić information content (AvgIpc) is 3.22. The van der Waals surface area contributed by atoms with Gasteiger partial charge in [0.25, 0.3) is 0 Å². The minimum absolute atomic E-state index is 0.117. The van der Waals surface area contributed by atoms with Gasteiger partial charge in [-0.1, -0.05) is 18.2 Å². The molecule has 1 aliphatic rings. The van der Waals surface area contributed by atoms with E-state index in [2.05, 4.69) is 14.1 Å². The van der Waals surface area contributed by atoms with E-state index in [0.717, 1.165) is 17.3 Å². The van der Waals surface area contributed by atoms with Crippen molar-refractivity contribution in [3.05, 3.63) is 53.8 Å². The molecule has 7 nitrogen and oxygen atoms in total. The summed E-state index contributed by atoms with van der Waals surface area (Å²) in [7, 11) is -3.78. The van der Waals surface area contributed by atoms with Crippen molar-refractivity contribution in [2.45, 2.75) is 24.3 Å². The smallest absolute Gasteiger partial charge is 0.245 e. The number of amides is 1. The summed E-state index contributed by atoms with van der Waals surface area (Å²) in [6.07, 6.45) is 1.21. The third-order valence-electron chi connectivity index (χ3n) is 5.00. The number of nitrogens with one attached hydrogen (secondary N) is 1. The third-order valence-corrected chi connectivity index (χ3v) is 7.44. The lowest BCUT2D eigenvalue weighted by Crippen LogP contribution is -2.45. The summed E-state index contributed by atoms with van der Waals surface area (Å²) >= 11 is 0.970. The second-order valence-electron chi connectivity index (χ2n) is 6.93. The number of benzene rings is 2. The van der Waals surface area contributed by atoms with E-state index in [1.165, 1.54) is 22.5 Å². The van der Waals surface area contributed by atoms with Crippen LogP contribution in [-0.2, 0) is 21.4 Å². The molecule has 1 amide bonds. The Hall–Kier alpha value is -2.43. The Morgan fingerprint density at radius 3 is 2.79 bits per heavy atom. The normalized spacial score (nSPS) is 18.0. The molecule has 2 heterocycles. The maximum atomic E-state index is 13.2. The van der Waals surface area contributed by atoms with Crippen molar-refractivity contribution < 1.29 is 17.6 Å². The molecule has 0 aliphatic carbocycles. The van der Waals surface area contributed by atoms with E-state index < -0.39 is 15.9 Å². The standard InChI is InChI=1S/C19H19FN4O3S2/c20-15-8-6-13(7-9-15)11-21-19(25)14-3-2-10-24(12-14)29(26,27)17-5-1-4-16-18(17)23-28-22-16/h1,4-9,14H,2-3,10-12H2,(H,21,25)/t14-/m0/s1. The average molecular weight is 435 g/mol. The Labute approximate surface area is 171 Å². The van der Waals surface area contributed by atoms with E-state index in [1.54, 1.807) is 24.3 Å². The van der Waals surface area contributed by atoms with Crippen LogP contribution in [0.3, 0.4) is 0 Å². The van der Waals surface area contributed by atoms with Crippen molar-refractivity contribution in [2.24, 2.45) is 5.92 Å². The van der Waals surface area contributed by atoms with Gasteiger partial charge < -0.3 is 5.32 Å². The van der Waals surface area contributed by atoms with Crippen molar-refractivity contribution in [2.75, 3.05) is 13.1 Å². The number of fused-ring (bicyclic) bond motifs is 1. The first-order chi connectivity index (χ1) is 13.9. The van der Waals surface area contributed by atoms with Gasteiger partial charge in [0.15, 0.2) is 0 Å². The molecule has 1 saturated heterocycles. The highest BCUT2D eigenvalue weighted by atomic mass is 32.2. The first-order valence-electron chi connectivity index (χ1n) is 9.19. The Morgan fingerprint density at radius 2 is 2.00 bits per heavy atom. The Kier molecular flexibility index (Phi) is 5.57. The first kappa shape index (κ1) is 19.9. The molecule has 3 aromatic rings. The van der Waals surface area contributed by atoms with Gasteiger partial charge in [0.2, 0.25) is 15.9 Å². The summed E-state index contributed by atoms with van der Waals surface area (Å²) in [4.78, 5) is 12.7. The molecule has 29 heavy (non-hydrogen) atoms. The zero-order valence-corrected chi connectivity index (χ0v) is 17.0. The molecule has 0 unspecified atom stereocenters. The van der Waals surface area contributed by atoms with Crippen LogP contribution in [0.25, 0.3) is 11.0 Å². The summed E-state index contributed by atoms with van der Waals surface area (Å²) in [6.45, 7) is 0.746. The number of hydrogen-bond acceptors (Lipinski definition) is 6. The first-order valence-corrected chi connectivity index (χ1v) is 11.4. The van der Waals surface area contributed by atoms with E-state index in [9.17, 15) is 17.6 Å². The summed E-state index contributed by atoms with van der Waals surface area (Å²) in [5, 5.41) is 2.82. The molecule has 2 aromatic carbocycles. The quantitative estimate of drug-likeness (QED) is 0.666. The fourth-order valence-corrected chi connectivity index (χ4v) is 5.72. The number of nitrogens with zero attached hydrogens (tertiary/aromatic N) is 3. The number of rotatable bonds is 5. The monoisotopic (exact) mass is 434 g/mol. The molecule has 0 radical (unpaired) electrons. The molecule has 1 N–H and O–H groups in total. The Morgan fingerprint density at radius 1 is 1.21 bits per heavy atom. The fraction of sp³-hybridized carbons (Fsp3) is 0.316. The van der Waals surface area contributed by atoms with E-state index in [0.29, 0.717) is 30.4 Å². The second-order valence-corrected chi connectivity index (χ2v) is 9.37. The van der Waals surface area contributed by atoms with Gasteiger partial charge in [-0.2, -0.15) is 13.1 Å². The van der Waals surface area contributed by atoms with E-state index in [1.807, 2.05) is 0 Å². The van der Waals surface area contributed by atoms with Crippen LogP contribution >= 0.6 is 11.7 Å². The lowest BCUT2D eigenvalue weighted by Gasteiger charge is -2.31. The Bertz CT molecular complexity index is 1130. The van der Waals surface area contributed by atoms with E-state index >= 15 is 0 Å². The number of halogens is 1. The van der Waals surface area contributed by atoms with Crippen molar-refractivity contribution >= 4 is 38.7 Å². The van der Waals surface area contributed by atoms with Crippen LogP contribution < -0.4 is 5.32 Å². The second kappa shape index (κ2) is 8.13. The number of hydrogen-bond donors (Lipinski definition) is 1. The van der Waals surface area contributed by atoms with Gasteiger partial charge in [-0.25, -0.2) is 12.8 Å². The third kappa shape index (κ3) is 4.14. The fourth-order valence-electron chi connectivity index (χ4n) is 3.44. The highest BCUT2D eigenvalue weighted by Gasteiger charge is 2.34. The summed E-state index contributed by atoms with van der Waals surface area (Å²) in [6, 6.07) is 10.8. The zero-order chi connectivity index (χ0) is 20.4. The van der Waals surface area contributed by atoms with Crippen LogP contribution in [0.4, 0.5) is 4.39 Å². The highest BCUT2D eigenvalue weighted by Crippen LogP contribution is 2.28. The molecule has 1 fully saturated rings. The largest absolute Gasteiger partial charge is 0.352 e. The van der Waals surface area contributed by atoms with Gasteiger partial charge in [0, 0.05) is 19.6 Å². The van der Waals surface area contributed by atoms with Gasteiger partial charge in [-0.15, -0.1) is 0 Å². The van der Waals surface area contributed by atoms with Crippen LogP contribution in [0.15, 0.2) is 47.4 Å². The molecular weight excluding hydrogens is 415 g/mol. The predicted octanol–water partition coefficient (Wildman–Crippen LogP) is 2.55. The number of carbonyl (C=O) groups is 1. The van der Waals surface area contributed by atoms with Gasteiger partial charge >= 0.3 is 0 Å². The van der Waals surface area contributed by atoms with Crippen LogP contribution in [0, 0.1) is 11.7 Å². The minimum atomic E-state index is -3.78. The molecule has 0 bridgehead atoms. The van der Waals surface area contributed by atoms with Crippen LogP contribution in [0.2, 0.25) is 0 Å². The maximum absolute atomic E-state index is 13.2. The molecule has 1 atom stereocenters. The molecule has 4 rings (SSSR count). The zero-order valence-electron chi connectivity index (χ0n) is 15.4. The summed E-state index contributed by atoms with van der Waals surface area (Å²) in [5.41, 5.74) is 1.69. The molecule has 1 aromatic heterocycles. The SMILES string of the molecule is O=C(NCc1ccc(F)cc1)[C@H]1CCCN(S(=O)(=O)c2cccc3nsnc23)C1. The van der Waals surface area contributed by atoms with E-state index in [4.69, 9.17) is 0 Å². The van der Waals surface area contributed by atoms with Crippen LogP contribution in [0.1, 0.15) is 18.4 Å². The maximum Gasteiger partial charge on any atom is 0.245 e. The predicted molar refractivity (Wildman–Crippen MR) is 107 cm³/mol. The number of carbonyl (C=O) groups excluding carboxylic acids is 1. The molecule has 0 saturated carbocycles. The van der Waals surface area contributed by atoms with Gasteiger partial charge in [-0.3, -0.25) is 4.79 Å². The van der Waals surface area contributed by atoms with E-state index in [-0.39, 0.29) is 29.7 Å². The van der Waals surface area contributed by atoms with Crippen molar-refractivity contribution in [1.29, 1.82) is 0 Å². The number of sulfonamides is 1. The van der Waals surface area contributed by atoms with Crippen molar-refractivity contribution in [3.8, 4) is 0 Å². The molecule has 152 valence electrons. The topological polar surface area (TPSA) is 92.3 Å². The molecule has 1 aliphatic heterocycles. The molecular formula is C19H19FN4O3S2.